The molecular formula is C15H29N3. The van der Waals surface area contributed by atoms with Crippen LogP contribution in [0, 0.1) is 6.92 Å². The Labute approximate surface area is 113 Å². The van der Waals surface area contributed by atoms with Gasteiger partial charge in [0.1, 0.15) is 0 Å². The van der Waals surface area contributed by atoms with Crippen LogP contribution < -0.4 is 4.90 Å². The minimum absolute atomic E-state index is 1.09. The molecule has 1 aliphatic rings. The third kappa shape index (κ3) is 5.50. The molecule has 3 nitrogen and oxygen atoms in total. The van der Waals surface area contributed by atoms with Crippen molar-refractivity contribution in [2.45, 2.75) is 34.6 Å². The highest BCUT2D eigenvalue weighted by Crippen LogP contribution is 2.14. The lowest BCUT2D eigenvalue weighted by Gasteiger charge is -2.33. The van der Waals surface area contributed by atoms with Crippen molar-refractivity contribution in [2.75, 3.05) is 38.1 Å². The Morgan fingerprint density at radius 1 is 0.944 bits per heavy atom. The van der Waals surface area contributed by atoms with Crippen LogP contribution in [0.5, 0.6) is 0 Å². The molecular weight excluding hydrogens is 222 g/mol. The minimum Gasteiger partial charge on any atom is -0.368 e. The summed E-state index contributed by atoms with van der Waals surface area (Å²) in [4.78, 5) is 9.07. The van der Waals surface area contributed by atoms with Gasteiger partial charge in [0.25, 0.3) is 0 Å². The first-order valence-corrected chi connectivity index (χ1v) is 7.12. The van der Waals surface area contributed by atoms with E-state index < -0.39 is 0 Å². The number of pyridine rings is 1. The predicted molar refractivity (Wildman–Crippen MR) is 81.4 cm³/mol. The van der Waals surface area contributed by atoms with Gasteiger partial charge in [0.2, 0.25) is 0 Å². The minimum atomic E-state index is 1.09. The highest BCUT2D eigenvalue weighted by molar-refractivity contribution is 5.44. The van der Waals surface area contributed by atoms with Crippen LogP contribution in [0.3, 0.4) is 0 Å². The van der Waals surface area contributed by atoms with Crippen LogP contribution in [0.1, 0.15) is 33.4 Å². The summed E-state index contributed by atoms with van der Waals surface area (Å²) < 4.78 is 0. The number of aromatic nitrogens is 1. The maximum Gasteiger partial charge on any atom is 0.0553 e. The average molecular weight is 251 g/mol. The smallest absolute Gasteiger partial charge is 0.0553 e. The van der Waals surface area contributed by atoms with Gasteiger partial charge in [-0.2, -0.15) is 0 Å². The Morgan fingerprint density at radius 2 is 1.50 bits per heavy atom. The van der Waals surface area contributed by atoms with Crippen molar-refractivity contribution in [3.8, 4) is 0 Å². The van der Waals surface area contributed by atoms with E-state index in [9.17, 15) is 0 Å². The molecule has 104 valence electrons. The van der Waals surface area contributed by atoms with Gasteiger partial charge in [0.05, 0.1) is 11.9 Å². The lowest BCUT2D eigenvalue weighted by molar-refractivity contribution is 0.313. The monoisotopic (exact) mass is 251 g/mol. The topological polar surface area (TPSA) is 19.4 Å². The average Bonchev–Trinajstić information content (AvgIpc) is 2.45. The van der Waals surface area contributed by atoms with Gasteiger partial charge in [0, 0.05) is 31.9 Å². The fourth-order valence-corrected chi connectivity index (χ4v) is 1.71. The van der Waals surface area contributed by atoms with E-state index in [2.05, 4.69) is 34.0 Å². The van der Waals surface area contributed by atoms with Gasteiger partial charge in [-0.05, 0) is 26.1 Å². The molecule has 0 atom stereocenters. The van der Waals surface area contributed by atoms with Gasteiger partial charge in [-0.25, -0.2) is 0 Å². The first kappa shape index (κ1) is 16.9. The summed E-state index contributed by atoms with van der Waals surface area (Å²) in [6.45, 7) is 14.5. The molecule has 0 aliphatic carbocycles. The molecule has 0 bridgehead atoms. The lowest BCUT2D eigenvalue weighted by Crippen LogP contribution is -2.44. The quantitative estimate of drug-likeness (QED) is 0.764. The molecule has 0 radical (unpaired) electrons. The first-order chi connectivity index (χ1) is 8.75. The zero-order chi connectivity index (χ0) is 14.0. The van der Waals surface area contributed by atoms with E-state index >= 15 is 0 Å². The van der Waals surface area contributed by atoms with Gasteiger partial charge in [0.15, 0.2) is 0 Å². The Kier molecular flexibility index (Phi) is 9.29. The summed E-state index contributed by atoms with van der Waals surface area (Å²) in [7, 11) is 2.17. The molecule has 0 N–H and O–H groups in total. The molecule has 2 rings (SSSR count). The van der Waals surface area contributed by atoms with E-state index in [1.54, 1.807) is 0 Å². The number of nitrogens with zero attached hydrogens (tertiary/aromatic N) is 3. The summed E-state index contributed by atoms with van der Waals surface area (Å²) in [5, 5.41) is 0. The molecule has 1 fully saturated rings. The Hall–Kier alpha value is -1.09. The highest BCUT2D eigenvalue weighted by atomic mass is 15.2. The molecule has 2 heterocycles. The Balaban J connectivity index is 0.000000659. The molecule has 0 saturated carbocycles. The third-order valence-corrected chi connectivity index (χ3v) is 2.76. The molecule has 3 heteroatoms. The second-order valence-corrected chi connectivity index (χ2v) is 3.95. The van der Waals surface area contributed by atoms with Gasteiger partial charge in [-0.3, -0.25) is 4.98 Å². The standard InChI is InChI=1S/C11H17N3.2C2H6/c1-10-3-4-11(9-12-10)14-7-5-13(2)6-8-14;2*1-2/h3-4,9H,5-8H2,1-2H3;2*1-2H3. The van der Waals surface area contributed by atoms with Crippen molar-refractivity contribution in [1.82, 2.24) is 9.88 Å². The van der Waals surface area contributed by atoms with Crippen molar-refractivity contribution in [1.29, 1.82) is 0 Å². The molecule has 1 saturated heterocycles. The van der Waals surface area contributed by atoms with Crippen molar-refractivity contribution in [2.24, 2.45) is 0 Å². The first-order valence-electron chi connectivity index (χ1n) is 7.12. The largest absolute Gasteiger partial charge is 0.368 e. The van der Waals surface area contributed by atoms with Gasteiger partial charge in [-0.15, -0.1) is 0 Å². The van der Waals surface area contributed by atoms with Gasteiger partial charge in [-0.1, -0.05) is 27.7 Å². The number of hydrogen-bond donors (Lipinski definition) is 0. The number of piperazine rings is 1. The number of anilines is 1. The SMILES string of the molecule is CC.CC.Cc1ccc(N2CCN(C)CC2)cn1. The van der Waals surface area contributed by atoms with Crippen molar-refractivity contribution in [3.63, 3.8) is 0 Å². The van der Waals surface area contributed by atoms with Crippen molar-refractivity contribution < 1.29 is 0 Å². The number of rotatable bonds is 1. The van der Waals surface area contributed by atoms with Crippen LogP contribution in [0.25, 0.3) is 0 Å². The fourth-order valence-electron chi connectivity index (χ4n) is 1.71. The van der Waals surface area contributed by atoms with E-state index in [4.69, 9.17) is 0 Å². The molecule has 1 aromatic rings. The maximum absolute atomic E-state index is 4.32. The van der Waals surface area contributed by atoms with E-state index in [0.29, 0.717) is 0 Å². The number of hydrogen-bond acceptors (Lipinski definition) is 3. The number of aryl methyl sites for hydroxylation is 1. The molecule has 0 amide bonds. The summed E-state index contributed by atoms with van der Waals surface area (Å²) >= 11 is 0. The third-order valence-electron chi connectivity index (χ3n) is 2.76. The highest BCUT2D eigenvalue weighted by Gasteiger charge is 2.13. The second-order valence-electron chi connectivity index (χ2n) is 3.95. The van der Waals surface area contributed by atoms with Crippen LogP contribution in [0.15, 0.2) is 18.3 Å². The van der Waals surface area contributed by atoms with E-state index in [1.807, 2.05) is 40.8 Å². The Bertz CT molecular complexity index is 287. The van der Waals surface area contributed by atoms with E-state index in [0.717, 1.165) is 31.9 Å². The van der Waals surface area contributed by atoms with Crippen molar-refractivity contribution >= 4 is 5.69 Å². The molecule has 1 aromatic heterocycles. The summed E-state index contributed by atoms with van der Waals surface area (Å²) in [5.41, 5.74) is 2.34. The summed E-state index contributed by atoms with van der Waals surface area (Å²) in [5.74, 6) is 0. The summed E-state index contributed by atoms with van der Waals surface area (Å²) in [6, 6.07) is 4.24. The fraction of sp³-hybridized carbons (Fsp3) is 0.667. The van der Waals surface area contributed by atoms with Crippen molar-refractivity contribution in [3.05, 3.63) is 24.0 Å². The molecule has 0 aromatic carbocycles. The lowest BCUT2D eigenvalue weighted by atomic mass is 10.2. The predicted octanol–water partition coefficient (Wildman–Crippen LogP) is 3.19. The summed E-state index contributed by atoms with van der Waals surface area (Å²) in [6.07, 6.45) is 1.97. The maximum atomic E-state index is 4.32. The molecule has 0 spiro atoms. The molecule has 0 unspecified atom stereocenters. The zero-order valence-electron chi connectivity index (χ0n) is 12.9. The van der Waals surface area contributed by atoms with Crippen LogP contribution >= 0.6 is 0 Å². The van der Waals surface area contributed by atoms with E-state index in [-0.39, 0.29) is 0 Å². The van der Waals surface area contributed by atoms with Crippen LogP contribution in [-0.4, -0.2) is 43.1 Å². The normalized spacial score (nSPS) is 15.1. The van der Waals surface area contributed by atoms with Gasteiger partial charge >= 0.3 is 0 Å². The molecule has 1 aliphatic heterocycles. The van der Waals surface area contributed by atoms with Gasteiger partial charge < -0.3 is 9.80 Å². The van der Waals surface area contributed by atoms with Crippen LogP contribution in [0.4, 0.5) is 5.69 Å². The van der Waals surface area contributed by atoms with Crippen LogP contribution in [-0.2, 0) is 0 Å². The number of likely N-dealkylation sites (N-methyl/N-ethyl adjacent to an activating group) is 1. The molecule has 18 heavy (non-hydrogen) atoms. The Morgan fingerprint density at radius 3 is 1.94 bits per heavy atom. The van der Waals surface area contributed by atoms with E-state index in [1.165, 1.54) is 5.69 Å². The second kappa shape index (κ2) is 9.89. The zero-order valence-corrected chi connectivity index (χ0v) is 12.9. The van der Waals surface area contributed by atoms with Crippen LogP contribution in [0.2, 0.25) is 0 Å².